The highest BCUT2D eigenvalue weighted by Crippen LogP contribution is 2.67. The van der Waals surface area contributed by atoms with E-state index >= 15 is 0 Å². The Bertz CT molecular complexity index is 425. The van der Waals surface area contributed by atoms with E-state index in [2.05, 4.69) is 6.92 Å². The lowest BCUT2D eigenvalue weighted by molar-refractivity contribution is 0.141. The van der Waals surface area contributed by atoms with Gasteiger partial charge in [0.25, 0.3) is 0 Å². The maximum absolute atomic E-state index is 2.63. The van der Waals surface area contributed by atoms with Crippen molar-refractivity contribution in [2.75, 3.05) is 0 Å². The molecule has 6 aliphatic rings. The molecular formula is C22H33. The Hall–Kier alpha value is 0. The molecule has 6 fully saturated rings. The van der Waals surface area contributed by atoms with Crippen LogP contribution in [0, 0.1) is 65.1 Å². The second kappa shape index (κ2) is 4.54. The molecular weight excluding hydrogens is 264 g/mol. The van der Waals surface area contributed by atoms with Gasteiger partial charge in [-0.2, -0.15) is 0 Å². The number of rotatable bonds is 2. The van der Waals surface area contributed by atoms with Gasteiger partial charge in [-0.15, -0.1) is 0 Å². The van der Waals surface area contributed by atoms with Crippen molar-refractivity contribution >= 4 is 0 Å². The second-order valence-electron chi connectivity index (χ2n) is 10.3. The van der Waals surface area contributed by atoms with E-state index in [1.807, 2.05) is 5.92 Å². The van der Waals surface area contributed by atoms with Crippen molar-refractivity contribution in [3.05, 3.63) is 5.92 Å². The first-order chi connectivity index (χ1) is 10.8. The maximum Gasteiger partial charge on any atom is -0.0204 e. The highest BCUT2D eigenvalue weighted by Gasteiger charge is 2.59. The van der Waals surface area contributed by atoms with Crippen LogP contribution in [0.2, 0.25) is 0 Å². The molecule has 0 saturated heterocycles. The average molecular weight is 298 g/mol. The van der Waals surface area contributed by atoms with Crippen LogP contribution >= 0.6 is 0 Å². The SMILES string of the molecule is C[C](C1CC2CC1C1CCCC21)C1CC2CC1C1CCCC21. The van der Waals surface area contributed by atoms with E-state index in [9.17, 15) is 0 Å². The molecule has 0 aliphatic heterocycles. The molecule has 0 aromatic heterocycles. The van der Waals surface area contributed by atoms with Crippen LogP contribution in [0.25, 0.3) is 0 Å². The largest absolute Gasteiger partial charge is 0.0585 e. The zero-order valence-electron chi connectivity index (χ0n) is 14.3. The van der Waals surface area contributed by atoms with Gasteiger partial charge < -0.3 is 0 Å². The van der Waals surface area contributed by atoms with E-state index in [1.54, 1.807) is 64.2 Å². The molecule has 10 unspecified atom stereocenters. The number of hydrogen-bond donors (Lipinski definition) is 0. The van der Waals surface area contributed by atoms with Crippen molar-refractivity contribution < 1.29 is 0 Å². The van der Waals surface area contributed by atoms with Crippen molar-refractivity contribution in [3.8, 4) is 0 Å². The van der Waals surface area contributed by atoms with Crippen LogP contribution in [-0.2, 0) is 0 Å². The minimum absolute atomic E-state index is 1.06. The third kappa shape index (κ3) is 1.56. The molecule has 0 nitrogen and oxygen atoms in total. The summed E-state index contributed by atoms with van der Waals surface area (Å²) in [7, 11) is 0. The van der Waals surface area contributed by atoms with Gasteiger partial charge in [0.15, 0.2) is 0 Å². The second-order valence-corrected chi connectivity index (χ2v) is 10.3. The van der Waals surface area contributed by atoms with Crippen LogP contribution < -0.4 is 0 Å². The Labute approximate surface area is 136 Å². The first-order valence-corrected chi connectivity index (χ1v) is 10.6. The van der Waals surface area contributed by atoms with Gasteiger partial charge in [0.05, 0.1) is 0 Å². The summed E-state index contributed by atoms with van der Waals surface area (Å²) in [5.74, 6) is 13.4. The molecule has 0 aromatic carbocycles. The molecule has 10 atom stereocenters. The monoisotopic (exact) mass is 297 g/mol. The first kappa shape index (κ1) is 13.3. The normalized spacial score (nSPS) is 61.4. The fourth-order valence-electron chi connectivity index (χ4n) is 9.46. The molecule has 0 amide bonds. The lowest BCUT2D eigenvalue weighted by Crippen LogP contribution is -2.35. The molecule has 121 valence electrons. The Morgan fingerprint density at radius 2 is 1.00 bits per heavy atom. The molecule has 1 radical (unpaired) electrons. The minimum atomic E-state index is 1.06. The van der Waals surface area contributed by atoms with E-state index in [4.69, 9.17) is 0 Å². The van der Waals surface area contributed by atoms with Crippen molar-refractivity contribution in [1.82, 2.24) is 0 Å². The van der Waals surface area contributed by atoms with Crippen LogP contribution in [0.5, 0.6) is 0 Å². The van der Waals surface area contributed by atoms with Gasteiger partial charge in [-0.25, -0.2) is 0 Å². The Balaban J connectivity index is 1.22. The Kier molecular flexibility index (Phi) is 2.75. The van der Waals surface area contributed by atoms with Crippen LogP contribution in [0.3, 0.4) is 0 Å². The number of fused-ring (bicyclic) bond motifs is 10. The average Bonchev–Trinajstić information content (AvgIpc) is 3.35. The molecule has 0 heteroatoms. The fourth-order valence-corrected chi connectivity index (χ4v) is 9.46. The van der Waals surface area contributed by atoms with Crippen LogP contribution in [0.1, 0.15) is 71.1 Å². The fraction of sp³-hybridized carbons (Fsp3) is 0.955. The maximum atomic E-state index is 2.63. The van der Waals surface area contributed by atoms with Crippen molar-refractivity contribution in [2.45, 2.75) is 71.1 Å². The summed E-state index contributed by atoms with van der Waals surface area (Å²) in [4.78, 5) is 0. The molecule has 6 aliphatic carbocycles. The van der Waals surface area contributed by atoms with E-state index in [1.165, 1.54) is 11.8 Å². The molecule has 0 heterocycles. The molecule has 0 aromatic rings. The summed E-state index contributed by atoms with van der Waals surface area (Å²) in [6.45, 7) is 2.63. The molecule has 0 N–H and O–H groups in total. The van der Waals surface area contributed by atoms with E-state index in [0.717, 1.165) is 47.3 Å². The predicted octanol–water partition coefficient (Wildman–Crippen LogP) is 5.73. The molecule has 22 heavy (non-hydrogen) atoms. The summed E-state index contributed by atoms with van der Waals surface area (Å²) >= 11 is 0. The smallest absolute Gasteiger partial charge is 0.0204 e. The standard InChI is InChI=1S/C22H33/c1-12(19-8-13-10-21(19)17-6-2-4-15(13)17)20-9-14-11-22(20)18-7-3-5-16(14)18/h13-22H,2-11H2,1H3. The predicted molar refractivity (Wildman–Crippen MR) is 90.0 cm³/mol. The molecule has 0 spiro atoms. The van der Waals surface area contributed by atoms with Crippen molar-refractivity contribution in [1.29, 1.82) is 0 Å². The topological polar surface area (TPSA) is 0 Å². The van der Waals surface area contributed by atoms with Crippen molar-refractivity contribution in [2.24, 2.45) is 59.2 Å². The summed E-state index contributed by atoms with van der Waals surface area (Å²) in [5.41, 5.74) is 0. The van der Waals surface area contributed by atoms with Gasteiger partial charge in [-0.1, -0.05) is 19.8 Å². The summed E-state index contributed by atoms with van der Waals surface area (Å²) in [6.07, 6.45) is 16.0. The van der Waals surface area contributed by atoms with E-state index in [-0.39, 0.29) is 0 Å². The Morgan fingerprint density at radius 3 is 1.50 bits per heavy atom. The van der Waals surface area contributed by atoms with Gasteiger partial charge in [-0.3, -0.25) is 0 Å². The van der Waals surface area contributed by atoms with Gasteiger partial charge in [0, 0.05) is 0 Å². The molecule has 4 bridgehead atoms. The van der Waals surface area contributed by atoms with Crippen LogP contribution in [-0.4, -0.2) is 0 Å². The first-order valence-electron chi connectivity index (χ1n) is 10.6. The van der Waals surface area contributed by atoms with E-state index < -0.39 is 0 Å². The Morgan fingerprint density at radius 1 is 0.545 bits per heavy atom. The highest BCUT2D eigenvalue weighted by molar-refractivity contribution is 5.17. The summed E-state index contributed by atoms with van der Waals surface area (Å²) < 4.78 is 0. The lowest BCUT2D eigenvalue weighted by Gasteiger charge is -2.42. The van der Waals surface area contributed by atoms with Gasteiger partial charge in [0.1, 0.15) is 0 Å². The zero-order valence-corrected chi connectivity index (χ0v) is 14.3. The third-order valence-electron chi connectivity index (χ3n) is 10.0. The number of hydrogen-bond acceptors (Lipinski definition) is 0. The van der Waals surface area contributed by atoms with Gasteiger partial charge in [0.2, 0.25) is 0 Å². The lowest BCUT2D eigenvalue weighted by atomic mass is 9.63. The summed E-state index contributed by atoms with van der Waals surface area (Å²) in [5, 5.41) is 0. The van der Waals surface area contributed by atoms with Crippen LogP contribution in [0.15, 0.2) is 0 Å². The van der Waals surface area contributed by atoms with E-state index in [0.29, 0.717) is 0 Å². The molecule has 6 rings (SSSR count). The quantitative estimate of drug-likeness (QED) is 0.611. The highest BCUT2D eigenvalue weighted by atomic mass is 14.6. The molecule has 6 saturated carbocycles. The minimum Gasteiger partial charge on any atom is -0.0585 e. The van der Waals surface area contributed by atoms with Gasteiger partial charge >= 0.3 is 0 Å². The third-order valence-corrected chi connectivity index (χ3v) is 10.0. The van der Waals surface area contributed by atoms with Crippen LogP contribution in [0.4, 0.5) is 0 Å². The van der Waals surface area contributed by atoms with Gasteiger partial charge in [-0.05, 0) is 116 Å². The summed E-state index contributed by atoms with van der Waals surface area (Å²) in [6, 6.07) is 0. The van der Waals surface area contributed by atoms with Crippen molar-refractivity contribution in [3.63, 3.8) is 0 Å². The zero-order chi connectivity index (χ0) is 14.4.